The van der Waals surface area contributed by atoms with Crippen molar-refractivity contribution in [1.29, 1.82) is 0 Å². The highest BCUT2D eigenvalue weighted by Gasteiger charge is 2.48. The molecule has 0 aliphatic carbocycles. The summed E-state index contributed by atoms with van der Waals surface area (Å²) in [6.45, 7) is 19.4. The standard InChI is InChI=1S/C25H60N2O5Si3/c1-9-27(10-2)22-18-16-14-15-17-20-25(35(30-11-3,31-12-4)32-13-5)33-24-26-21-19-23-34(8,28-6)29-7/h25-26H,9-24,33H2,1-8H3. The predicted molar refractivity (Wildman–Crippen MR) is 156 cm³/mol. The minimum atomic E-state index is -2.65. The van der Waals surface area contributed by atoms with E-state index in [1.54, 1.807) is 14.2 Å². The quantitative estimate of drug-likeness (QED) is 0.125. The topological polar surface area (TPSA) is 61.4 Å². The third kappa shape index (κ3) is 15.4. The van der Waals surface area contributed by atoms with Crippen LogP contribution < -0.4 is 5.32 Å². The summed E-state index contributed by atoms with van der Waals surface area (Å²) in [5.41, 5.74) is 0. The lowest BCUT2D eigenvalue weighted by Crippen LogP contribution is -2.53. The van der Waals surface area contributed by atoms with E-state index in [2.05, 4.69) is 51.4 Å². The molecule has 0 saturated carbocycles. The second kappa shape index (κ2) is 22.4. The van der Waals surface area contributed by atoms with Gasteiger partial charge < -0.3 is 32.3 Å². The number of hydrogen-bond donors (Lipinski definition) is 1. The maximum absolute atomic E-state index is 6.34. The first-order valence-corrected chi connectivity index (χ1v) is 20.5. The Bertz CT molecular complexity index is 455. The molecule has 0 aromatic carbocycles. The minimum Gasteiger partial charge on any atom is -0.398 e. The molecule has 0 amide bonds. The molecule has 1 unspecified atom stereocenters. The molecule has 0 heterocycles. The summed E-state index contributed by atoms with van der Waals surface area (Å²) in [6, 6.07) is 1.02. The summed E-state index contributed by atoms with van der Waals surface area (Å²) >= 11 is 0. The van der Waals surface area contributed by atoms with E-state index >= 15 is 0 Å². The van der Waals surface area contributed by atoms with Gasteiger partial charge in [0.25, 0.3) is 0 Å². The van der Waals surface area contributed by atoms with Crippen molar-refractivity contribution in [3.05, 3.63) is 0 Å². The van der Waals surface area contributed by atoms with Crippen LogP contribution in [0.5, 0.6) is 0 Å². The Balaban J connectivity index is 4.75. The molecule has 1 N–H and O–H groups in total. The average Bonchev–Trinajstić information content (AvgIpc) is 2.86. The first-order valence-electron chi connectivity index (χ1n) is 14.4. The number of nitrogens with one attached hydrogen (secondary N) is 1. The highest BCUT2D eigenvalue weighted by atomic mass is 28.4. The van der Waals surface area contributed by atoms with Gasteiger partial charge in [0, 0.05) is 48.7 Å². The van der Waals surface area contributed by atoms with Gasteiger partial charge in [0.15, 0.2) is 0 Å². The molecule has 0 radical (unpaired) electrons. The zero-order valence-electron chi connectivity index (χ0n) is 24.6. The monoisotopic (exact) mass is 552 g/mol. The molecule has 212 valence electrons. The molecule has 10 heteroatoms. The maximum atomic E-state index is 6.34. The molecule has 0 bridgehead atoms. The Labute approximate surface area is 222 Å². The molecule has 1 atom stereocenters. The first kappa shape index (κ1) is 35.4. The summed E-state index contributed by atoms with van der Waals surface area (Å²) < 4.78 is 30.2. The molecule has 0 saturated heterocycles. The van der Waals surface area contributed by atoms with Crippen LogP contribution in [0.25, 0.3) is 0 Å². The van der Waals surface area contributed by atoms with Crippen molar-refractivity contribution in [2.24, 2.45) is 0 Å². The second-order valence-electron chi connectivity index (χ2n) is 9.37. The second-order valence-corrected chi connectivity index (χ2v) is 18.7. The summed E-state index contributed by atoms with van der Waals surface area (Å²) in [7, 11) is -1.54. The van der Waals surface area contributed by atoms with E-state index in [1.165, 1.54) is 45.1 Å². The van der Waals surface area contributed by atoms with Gasteiger partial charge in [-0.15, -0.1) is 0 Å². The molecule has 0 aliphatic rings. The van der Waals surface area contributed by atoms with E-state index < -0.39 is 26.9 Å². The van der Waals surface area contributed by atoms with Crippen molar-refractivity contribution < 1.29 is 22.1 Å². The van der Waals surface area contributed by atoms with Crippen LogP contribution in [-0.4, -0.2) is 98.2 Å². The molecule has 35 heavy (non-hydrogen) atoms. The van der Waals surface area contributed by atoms with Crippen molar-refractivity contribution in [2.75, 3.05) is 66.4 Å². The van der Waals surface area contributed by atoms with Gasteiger partial charge in [-0.25, -0.2) is 0 Å². The zero-order valence-corrected chi connectivity index (χ0v) is 28.0. The van der Waals surface area contributed by atoms with E-state index in [-0.39, 0.29) is 0 Å². The fourth-order valence-corrected chi connectivity index (χ4v) is 13.0. The van der Waals surface area contributed by atoms with E-state index in [4.69, 9.17) is 22.1 Å². The van der Waals surface area contributed by atoms with Crippen LogP contribution in [0.2, 0.25) is 17.8 Å². The number of nitrogens with zero attached hydrogens (tertiary/aromatic N) is 1. The van der Waals surface area contributed by atoms with E-state index in [0.29, 0.717) is 25.0 Å². The lowest BCUT2D eigenvalue weighted by atomic mass is 10.1. The van der Waals surface area contributed by atoms with Gasteiger partial charge in [-0.1, -0.05) is 39.5 Å². The van der Waals surface area contributed by atoms with Gasteiger partial charge in [0.2, 0.25) is 0 Å². The van der Waals surface area contributed by atoms with E-state index in [9.17, 15) is 0 Å². The Morgan fingerprint density at radius 1 is 0.771 bits per heavy atom. The largest absolute Gasteiger partial charge is 0.500 e. The molecule has 0 rings (SSSR count). The summed E-state index contributed by atoms with van der Waals surface area (Å²) in [5, 5.41) is 4.17. The third-order valence-corrected chi connectivity index (χ3v) is 17.4. The van der Waals surface area contributed by atoms with E-state index in [1.807, 2.05) is 0 Å². The van der Waals surface area contributed by atoms with Crippen molar-refractivity contribution in [3.63, 3.8) is 0 Å². The number of unbranched alkanes of at least 4 members (excludes halogenated alkanes) is 4. The number of hydrogen-bond acceptors (Lipinski definition) is 7. The average molecular weight is 553 g/mol. The molecule has 0 spiro atoms. The van der Waals surface area contributed by atoms with Crippen molar-refractivity contribution in [3.8, 4) is 0 Å². The van der Waals surface area contributed by atoms with Crippen LogP contribution in [0.4, 0.5) is 0 Å². The van der Waals surface area contributed by atoms with Crippen LogP contribution in [0.15, 0.2) is 0 Å². The lowest BCUT2D eigenvalue weighted by molar-refractivity contribution is 0.0667. The Morgan fingerprint density at radius 3 is 1.83 bits per heavy atom. The van der Waals surface area contributed by atoms with Gasteiger partial charge in [-0.05, 0) is 85.0 Å². The van der Waals surface area contributed by atoms with Crippen molar-refractivity contribution in [1.82, 2.24) is 10.2 Å². The van der Waals surface area contributed by atoms with Crippen molar-refractivity contribution in [2.45, 2.75) is 97.3 Å². The summed E-state index contributed by atoms with van der Waals surface area (Å²) in [5.74, 6) is 0. The van der Waals surface area contributed by atoms with E-state index in [0.717, 1.165) is 38.3 Å². The Hall–Kier alpha value is 0.371. The molecule has 0 aromatic rings. The fourth-order valence-electron chi connectivity index (χ4n) is 4.60. The minimum absolute atomic E-state index is 0.456. The predicted octanol–water partition coefficient (Wildman–Crippen LogP) is 4.52. The third-order valence-electron chi connectivity index (χ3n) is 6.98. The summed E-state index contributed by atoms with van der Waals surface area (Å²) in [6.07, 6.45) is 9.86. The molecule has 7 nitrogen and oxygen atoms in total. The first-order chi connectivity index (χ1) is 16.9. The van der Waals surface area contributed by atoms with Crippen LogP contribution in [0.3, 0.4) is 0 Å². The van der Waals surface area contributed by atoms with Crippen LogP contribution in [-0.2, 0) is 22.1 Å². The zero-order chi connectivity index (χ0) is 26.4. The molecular formula is C25H60N2O5Si3. The Morgan fingerprint density at radius 2 is 1.31 bits per heavy atom. The van der Waals surface area contributed by atoms with Crippen LogP contribution in [0.1, 0.15) is 79.6 Å². The fraction of sp³-hybridized carbons (Fsp3) is 1.00. The highest BCUT2D eigenvalue weighted by molar-refractivity contribution is 6.74. The van der Waals surface area contributed by atoms with Gasteiger partial charge in [-0.2, -0.15) is 0 Å². The summed E-state index contributed by atoms with van der Waals surface area (Å²) in [4.78, 5) is 2.52. The molecule has 0 aliphatic heterocycles. The smallest absolute Gasteiger partial charge is 0.398 e. The lowest BCUT2D eigenvalue weighted by Gasteiger charge is -2.35. The maximum Gasteiger partial charge on any atom is 0.500 e. The Kier molecular flexibility index (Phi) is 22.6. The number of rotatable bonds is 26. The molecule has 0 aromatic heterocycles. The normalized spacial score (nSPS) is 14.0. The highest BCUT2D eigenvalue weighted by Crippen LogP contribution is 2.30. The van der Waals surface area contributed by atoms with Gasteiger partial charge in [0.1, 0.15) is 0 Å². The van der Waals surface area contributed by atoms with Crippen molar-refractivity contribution >= 4 is 26.9 Å². The van der Waals surface area contributed by atoms with Gasteiger partial charge in [0.05, 0.1) is 0 Å². The molecular weight excluding hydrogens is 493 g/mol. The van der Waals surface area contributed by atoms with Gasteiger partial charge >= 0.3 is 17.4 Å². The SMILES string of the molecule is CCO[Si](OCC)(OCC)C(CCCCCCCN(CC)CC)[SiH2]CNCCC[Si](C)(OC)OC. The van der Waals surface area contributed by atoms with Crippen LogP contribution in [0, 0.1) is 0 Å². The van der Waals surface area contributed by atoms with Gasteiger partial charge in [-0.3, -0.25) is 0 Å². The van der Waals surface area contributed by atoms with Crippen LogP contribution >= 0.6 is 0 Å². The molecule has 0 fully saturated rings.